The van der Waals surface area contributed by atoms with Crippen molar-refractivity contribution in [2.24, 2.45) is 0 Å². The zero-order chi connectivity index (χ0) is 18.2. The third-order valence-corrected chi connectivity index (χ3v) is 4.49. The number of hydrogen-bond acceptors (Lipinski definition) is 6. The number of amides is 1. The average molecular weight is 349 g/mol. The van der Waals surface area contributed by atoms with Crippen LogP contribution >= 0.6 is 0 Å². The van der Waals surface area contributed by atoms with Gasteiger partial charge in [-0.1, -0.05) is 0 Å². The van der Waals surface area contributed by atoms with Crippen molar-refractivity contribution in [2.45, 2.75) is 44.8 Å². The lowest BCUT2D eigenvalue weighted by atomic mass is 9.92. The Bertz CT molecular complexity index is 691. The van der Waals surface area contributed by atoms with Crippen molar-refractivity contribution in [1.82, 2.24) is 4.90 Å². The summed E-state index contributed by atoms with van der Waals surface area (Å²) in [5, 5.41) is 19.6. The normalized spacial score (nSPS) is 20.0. The summed E-state index contributed by atoms with van der Waals surface area (Å²) in [6.07, 6.45) is 0.973. The number of likely N-dealkylation sites (tertiary alicyclic amines) is 1. The molecule has 0 atom stereocenters. The Labute approximate surface area is 146 Å². The van der Waals surface area contributed by atoms with Gasteiger partial charge in [0.1, 0.15) is 28.4 Å². The number of ether oxygens (including phenoxy) is 2. The number of aliphatic hydroxyl groups is 1. The molecule has 1 fully saturated rings. The number of carbonyl (C=O) groups is 2. The minimum absolute atomic E-state index is 0.156. The summed E-state index contributed by atoms with van der Waals surface area (Å²) in [5.74, 6) is -0.0295. The molecule has 0 bridgehead atoms. The lowest BCUT2D eigenvalue weighted by molar-refractivity contribution is -0.135. The van der Waals surface area contributed by atoms with Crippen molar-refractivity contribution < 1.29 is 29.3 Å². The highest BCUT2D eigenvalue weighted by atomic mass is 16.5. The first kappa shape index (κ1) is 17.5. The van der Waals surface area contributed by atoms with Gasteiger partial charge in [0, 0.05) is 25.2 Å². The molecule has 0 aromatic heterocycles. The van der Waals surface area contributed by atoms with Crippen molar-refractivity contribution in [1.29, 1.82) is 0 Å². The van der Waals surface area contributed by atoms with E-state index in [9.17, 15) is 19.8 Å². The highest BCUT2D eigenvalue weighted by Gasteiger charge is 2.35. The third kappa shape index (κ3) is 3.87. The quantitative estimate of drug-likeness (QED) is 0.858. The first-order valence-electron chi connectivity index (χ1n) is 8.43. The van der Waals surface area contributed by atoms with Gasteiger partial charge in [-0.05, 0) is 26.7 Å². The molecule has 1 amide bonds. The van der Waals surface area contributed by atoms with E-state index < -0.39 is 5.60 Å². The number of hydrogen-bond donors (Lipinski definition) is 2. The van der Waals surface area contributed by atoms with Gasteiger partial charge in [-0.25, -0.2) is 0 Å². The van der Waals surface area contributed by atoms with Gasteiger partial charge < -0.3 is 24.6 Å². The van der Waals surface area contributed by atoms with Crippen LogP contribution in [0.1, 0.15) is 43.5 Å². The molecule has 2 aliphatic rings. The molecule has 0 saturated carbocycles. The SMILES string of the molecule is CC1(C)CC(=O)c2c(O)cc(OCC(=O)N3CCC(O)CC3)cc2O1. The summed E-state index contributed by atoms with van der Waals surface area (Å²) < 4.78 is 11.3. The Kier molecular flexibility index (Phi) is 4.60. The van der Waals surface area contributed by atoms with E-state index >= 15 is 0 Å². The molecule has 7 heteroatoms. The van der Waals surface area contributed by atoms with Gasteiger partial charge in [0.25, 0.3) is 5.91 Å². The number of benzene rings is 1. The summed E-state index contributed by atoms with van der Waals surface area (Å²) >= 11 is 0. The number of aromatic hydroxyl groups is 1. The van der Waals surface area contributed by atoms with Gasteiger partial charge in [0.15, 0.2) is 12.4 Å². The molecule has 0 unspecified atom stereocenters. The molecular weight excluding hydrogens is 326 g/mol. The molecule has 3 rings (SSSR count). The van der Waals surface area contributed by atoms with E-state index in [0.29, 0.717) is 25.9 Å². The lowest BCUT2D eigenvalue weighted by Crippen LogP contribution is -2.42. The standard InChI is InChI=1S/C18H23NO6/c1-18(2)9-14(22)17-13(21)7-12(8-15(17)25-18)24-10-16(23)19-5-3-11(20)4-6-19/h7-8,11,20-21H,3-6,9-10H2,1-2H3. The van der Waals surface area contributed by atoms with E-state index in [-0.39, 0.29) is 53.6 Å². The van der Waals surface area contributed by atoms with Gasteiger partial charge in [0.05, 0.1) is 12.5 Å². The molecular formula is C18H23NO6. The summed E-state index contributed by atoms with van der Waals surface area (Å²) in [6, 6.07) is 2.85. The second-order valence-corrected chi connectivity index (χ2v) is 7.18. The summed E-state index contributed by atoms with van der Waals surface area (Å²) in [7, 11) is 0. The maximum Gasteiger partial charge on any atom is 0.260 e. The Morgan fingerprint density at radius 3 is 2.72 bits per heavy atom. The van der Waals surface area contributed by atoms with Crippen LogP contribution < -0.4 is 9.47 Å². The van der Waals surface area contributed by atoms with Gasteiger partial charge in [-0.3, -0.25) is 9.59 Å². The number of rotatable bonds is 3. The van der Waals surface area contributed by atoms with E-state index in [1.165, 1.54) is 12.1 Å². The van der Waals surface area contributed by atoms with Gasteiger partial charge in [-0.15, -0.1) is 0 Å². The Morgan fingerprint density at radius 1 is 1.36 bits per heavy atom. The van der Waals surface area contributed by atoms with Crippen LogP contribution in [-0.2, 0) is 4.79 Å². The highest BCUT2D eigenvalue weighted by molar-refractivity contribution is 6.03. The number of ketones is 1. The van der Waals surface area contributed by atoms with E-state index in [2.05, 4.69) is 0 Å². The van der Waals surface area contributed by atoms with Gasteiger partial charge in [0.2, 0.25) is 0 Å². The number of fused-ring (bicyclic) bond motifs is 1. The van der Waals surface area contributed by atoms with E-state index in [0.717, 1.165) is 0 Å². The minimum atomic E-state index is -0.653. The van der Waals surface area contributed by atoms with Crippen LogP contribution in [0.2, 0.25) is 0 Å². The van der Waals surface area contributed by atoms with Gasteiger partial charge >= 0.3 is 0 Å². The second-order valence-electron chi connectivity index (χ2n) is 7.18. The lowest BCUT2D eigenvalue weighted by Gasteiger charge is -2.32. The topological polar surface area (TPSA) is 96.3 Å². The molecule has 2 N–H and O–H groups in total. The zero-order valence-corrected chi connectivity index (χ0v) is 14.4. The highest BCUT2D eigenvalue weighted by Crippen LogP contribution is 2.40. The maximum atomic E-state index is 12.2. The Balaban J connectivity index is 1.69. The summed E-state index contributed by atoms with van der Waals surface area (Å²) in [5.41, 5.74) is -0.498. The fraction of sp³-hybridized carbons (Fsp3) is 0.556. The number of nitrogens with zero attached hydrogens (tertiary/aromatic N) is 1. The Morgan fingerprint density at radius 2 is 2.04 bits per heavy atom. The smallest absolute Gasteiger partial charge is 0.260 e. The molecule has 2 heterocycles. The van der Waals surface area contributed by atoms with Crippen LogP contribution in [0, 0.1) is 0 Å². The number of carbonyl (C=O) groups excluding carboxylic acids is 2. The minimum Gasteiger partial charge on any atom is -0.507 e. The van der Waals surface area contributed by atoms with Crippen LogP contribution in [0.4, 0.5) is 0 Å². The number of phenols is 1. The number of piperidine rings is 1. The molecule has 7 nitrogen and oxygen atoms in total. The molecule has 0 aliphatic carbocycles. The van der Waals surface area contributed by atoms with E-state index in [4.69, 9.17) is 9.47 Å². The van der Waals surface area contributed by atoms with E-state index in [1.807, 2.05) is 0 Å². The largest absolute Gasteiger partial charge is 0.507 e. The third-order valence-electron chi connectivity index (χ3n) is 4.49. The number of phenolic OH excluding ortho intramolecular Hbond substituents is 1. The first-order chi connectivity index (χ1) is 11.7. The molecule has 1 aromatic rings. The van der Waals surface area contributed by atoms with E-state index in [1.54, 1.807) is 18.7 Å². The zero-order valence-electron chi connectivity index (χ0n) is 14.4. The van der Waals surface area contributed by atoms with Crippen molar-refractivity contribution in [3.63, 3.8) is 0 Å². The van der Waals surface area contributed by atoms with Crippen LogP contribution in [0.25, 0.3) is 0 Å². The monoisotopic (exact) mass is 349 g/mol. The van der Waals surface area contributed by atoms with Gasteiger partial charge in [-0.2, -0.15) is 0 Å². The predicted molar refractivity (Wildman–Crippen MR) is 89.1 cm³/mol. The molecule has 2 aliphatic heterocycles. The molecule has 136 valence electrons. The van der Waals surface area contributed by atoms with Crippen molar-refractivity contribution in [3.05, 3.63) is 17.7 Å². The van der Waals surface area contributed by atoms with Crippen LogP contribution in [0.3, 0.4) is 0 Å². The second kappa shape index (κ2) is 6.55. The molecule has 1 aromatic carbocycles. The van der Waals surface area contributed by atoms with Crippen LogP contribution in [0.15, 0.2) is 12.1 Å². The predicted octanol–water partition coefficient (Wildman–Crippen LogP) is 1.50. The first-order valence-corrected chi connectivity index (χ1v) is 8.43. The molecule has 25 heavy (non-hydrogen) atoms. The van der Waals surface area contributed by atoms with Crippen LogP contribution in [0.5, 0.6) is 17.2 Å². The van der Waals surface area contributed by atoms with Crippen molar-refractivity contribution in [2.75, 3.05) is 19.7 Å². The fourth-order valence-corrected chi connectivity index (χ4v) is 3.18. The average Bonchev–Trinajstić information content (AvgIpc) is 2.51. The molecule has 0 spiro atoms. The maximum absolute atomic E-state index is 12.2. The Hall–Kier alpha value is -2.28. The molecule has 0 radical (unpaired) electrons. The van der Waals surface area contributed by atoms with Crippen LogP contribution in [-0.4, -0.2) is 58.2 Å². The number of aliphatic hydroxyl groups excluding tert-OH is 1. The van der Waals surface area contributed by atoms with Crippen molar-refractivity contribution in [3.8, 4) is 17.2 Å². The van der Waals surface area contributed by atoms with Crippen molar-refractivity contribution >= 4 is 11.7 Å². The molecule has 1 saturated heterocycles. The summed E-state index contributed by atoms with van der Waals surface area (Å²) in [4.78, 5) is 26.0. The number of Topliss-reactive ketones (excluding diaryl/α,β-unsaturated/α-hetero) is 1. The fourth-order valence-electron chi connectivity index (χ4n) is 3.18. The summed E-state index contributed by atoms with van der Waals surface area (Å²) in [6.45, 7) is 4.43.